The predicted molar refractivity (Wildman–Crippen MR) is 158 cm³/mol. The van der Waals surface area contributed by atoms with Crippen molar-refractivity contribution < 1.29 is 4.84 Å². The molecule has 0 radical (unpaired) electrons. The minimum Gasteiger partial charge on any atom is -0.412 e. The van der Waals surface area contributed by atoms with Crippen LogP contribution in [0.25, 0.3) is 0 Å². The fourth-order valence-electron chi connectivity index (χ4n) is 2.71. The molecule has 4 N–H and O–H groups in total. The molecule has 3 rings (SSSR count). The van der Waals surface area contributed by atoms with E-state index in [1.807, 2.05) is 65.8 Å². The Balaban J connectivity index is 0. The number of allylic oxidation sites excluding steroid dienone is 4. The third-order valence-corrected chi connectivity index (χ3v) is 4.85. The first-order chi connectivity index (χ1) is 17.0. The Labute approximate surface area is 216 Å². The number of benzene rings is 2. The van der Waals surface area contributed by atoms with E-state index in [0.717, 1.165) is 29.9 Å². The van der Waals surface area contributed by atoms with Crippen molar-refractivity contribution in [1.82, 2.24) is 0 Å². The van der Waals surface area contributed by atoms with E-state index in [2.05, 4.69) is 59.6 Å². The predicted octanol–water partition coefficient (Wildman–Crippen LogP) is 9.41. The summed E-state index contributed by atoms with van der Waals surface area (Å²) in [5.74, 6) is 5.76. The minimum absolute atomic E-state index is 0.649. The number of nitrogens with one attached hydrogen (secondary N) is 2. The summed E-state index contributed by atoms with van der Waals surface area (Å²) in [6.45, 7) is 15.9. The molecule has 1 aliphatic carbocycles. The standard InChI is InChI=1S/C17H20N2O.C6H10.C4H9N.2C2H6/c1-3-15(12-14-6-4-13(2)5-7-14)19-16-8-10-17(20-18)11-9-16;1-2-4-6-5-3-1;1-3-4(2)5;2*1-2/h3-11,19H,12,18H2,1-2H3;1-2H,3-6H2;5H,3H2,1-2H3;2*1-2H3/b15-3-;;;;. The van der Waals surface area contributed by atoms with Crippen LogP contribution in [-0.4, -0.2) is 5.71 Å². The molecule has 1 aliphatic rings. The molecule has 0 amide bonds. The van der Waals surface area contributed by atoms with Gasteiger partial charge in [-0.25, -0.2) is 0 Å². The number of hydrogen-bond acceptors (Lipinski definition) is 4. The van der Waals surface area contributed by atoms with Gasteiger partial charge in [-0.05, 0) is 82.7 Å². The third kappa shape index (κ3) is 19.2. The normalized spacial score (nSPS) is 11.5. The molecule has 0 unspecified atom stereocenters. The molecule has 4 heteroatoms. The van der Waals surface area contributed by atoms with Crippen molar-refractivity contribution in [2.45, 2.75) is 93.9 Å². The molecule has 0 heterocycles. The second-order valence-corrected chi connectivity index (χ2v) is 7.63. The summed E-state index contributed by atoms with van der Waals surface area (Å²) in [5.41, 5.74) is 5.51. The number of anilines is 1. The Hall–Kier alpha value is -2.85. The van der Waals surface area contributed by atoms with Crippen molar-refractivity contribution in [3.8, 4) is 5.75 Å². The summed E-state index contributed by atoms with van der Waals surface area (Å²) in [7, 11) is 0. The molecule has 0 fully saturated rings. The summed E-state index contributed by atoms with van der Waals surface area (Å²) in [5, 5.41) is 10.2. The lowest BCUT2D eigenvalue weighted by atomic mass is 10.1. The van der Waals surface area contributed by atoms with Crippen molar-refractivity contribution in [1.29, 1.82) is 5.41 Å². The Bertz CT molecular complexity index is 798. The van der Waals surface area contributed by atoms with Crippen LogP contribution in [0, 0.1) is 12.3 Å². The van der Waals surface area contributed by atoms with Crippen molar-refractivity contribution >= 4 is 11.4 Å². The molecule has 196 valence electrons. The zero-order valence-electron chi connectivity index (χ0n) is 23.6. The van der Waals surface area contributed by atoms with Crippen LogP contribution in [0.5, 0.6) is 5.75 Å². The lowest BCUT2D eigenvalue weighted by Gasteiger charge is -2.11. The van der Waals surface area contributed by atoms with Crippen LogP contribution in [0.4, 0.5) is 5.69 Å². The van der Waals surface area contributed by atoms with Gasteiger partial charge in [0.2, 0.25) is 0 Å². The van der Waals surface area contributed by atoms with Crippen molar-refractivity contribution in [3.63, 3.8) is 0 Å². The minimum atomic E-state index is 0.649. The maximum Gasteiger partial charge on any atom is 0.146 e. The van der Waals surface area contributed by atoms with Gasteiger partial charge in [0.1, 0.15) is 5.75 Å². The lowest BCUT2D eigenvalue weighted by Crippen LogP contribution is -2.04. The van der Waals surface area contributed by atoms with Gasteiger partial charge < -0.3 is 15.6 Å². The summed E-state index contributed by atoms with van der Waals surface area (Å²) in [4.78, 5) is 4.66. The summed E-state index contributed by atoms with van der Waals surface area (Å²) in [6, 6.07) is 16.1. The molecule has 0 saturated carbocycles. The monoisotopic (exact) mass is 481 g/mol. The van der Waals surface area contributed by atoms with Crippen LogP contribution in [0.2, 0.25) is 0 Å². The zero-order chi connectivity index (χ0) is 26.9. The molecule has 2 aromatic carbocycles. The fraction of sp³-hybridized carbons (Fsp3) is 0.452. The van der Waals surface area contributed by atoms with Crippen molar-refractivity contribution in [2.24, 2.45) is 5.90 Å². The first-order valence-corrected chi connectivity index (χ1v) is 13.1. The Kier molecular flexibility index (Phi) is 23.8. The molecular formula is C31H51N3O. The molecular weight excluding hydrogens is 430 g/mol. The summed E-state index contributed by atoms with van der Waals surface area (Å²) in [6.07, 6.45) is 13.9. The largest absolute Gasteiger partial charge is 0.412 e. The van der Waals surface area contributed by atoms with Crippen LogP contribution in [0.1, 0.15) is 91.7 Å². The van der Waals surface area contributed by atoms with E-state index >= 15 is 0 Å². The molecule has 0 aliphatic heterocycles. The quantitative estimate of drug-likeness (QED) is 0.218. The lowest BCUT2D eigenvalue weighted by molar-refractivity contribution is 0.334. The Morgan fingerprint density at radius 3 is 1.77 bits per heavy atom. The first kappa shape index (κ1) is 34.3. The maximum atomic E-state index is 6.74. The Morgan fingerprint density at radius 2 is 1.43 bits per heavy atom. The van der Waals surface area contributed by atoms with E-state index in [4.69, 9.17) is 11.3 Å². The molecule has 0 atom stereocenters. The van der Waals surface area contributed by atoms with Crippen molar-refractivity contribution in [2.75, 3.05) is 5.32 Å². The van der Waals surface area contributed by atoms with Gasteiger partial charge in [0, 0.05) is 23.5 Å². The summed E-state index contributed by atoms with van der Waals surface area (Å²) < 4.78 is 0. The smallest absolute Gasteiger partial charge is 0.146 e. The first-order valence-electron chi connectivity index (χ1n) is 13.1. The molecule has 0 saturated heterocycles. The van der Waals surface area contributed by atoms with Gasteiger partial charge in [0.05, 0.1) is 0 Å². The second kappa shape index (κ2) is 24.3. The molecule has 0 aromatic heterocycles. The van der Waals surface area contributed by atoms with Gasteiger partial charge >= 0.3 is 0 Å². The van der Waals surface area contributed by atoms with E-state index in [0.29, 0.717) is 5.75 Å². The van der Waals surface area contributed by atoms with Gasteiger partial charge in [-0.2, -0.15) is 5.90 Å². The van der Waals surface area contributed by atoms with Gasteiger partial charge in [0.25, 0.3) is 0 Å². The van der Waals surface area contributed by atoms with Crippen LogP contribution >= 0.6 is 0 Å². The highest BCUT2D eigenvalue weighted by Gasteiger charge is 2.01. The van der Waals surface area contributed by atoms with Crippen LogP contribution in [0.3, 0.4) is 0 Å². The topological polar surface area (TPSA) is 71.1 Å². The van der Waals surface area contributed by atoms with Crippen LogP contribution in [0.15, 0.2) is 72.5 Å². The van der Waals surface area contributed by atoms with E-state index < -0.39 is 0 Å². The third-order valence-electron chi connectivity index (χ3n) is 4.85. The van der Waals surface area contributed by atoms with E-state index in [1.54, 1.807) is 6.92 Å². The second-order valence-electron chi connectivity index (χ2n) is 7.63. The summed E-state index contributed by atoms with van der Waals surface area (Å²) >= 11 is 0. The van der Waals surface area contributed by atoms with Gasteiger partial charge in [-0.1, -0.05) is 82.7 Å². The van der Waals surface area contributed by atoms with Crippen molar-refractivity contribution in [3.05, 3.63) is 83.6 Å². The molecule has 0 bridgehead atoms. The average molecular weight is 482 g/mol. The number of aryl methyl sites for hydroxylation is 1. The van der Waals surface area contributed by atoms with Gasteiger partial charge in [0.15, 0.2) is 0 Å². The number of hydrogen-bond donors (Lipinski definition) is 3. The molecule has 35 heavy (non-hydrogen) atoms. The fourth-order valence-corrected chi connectivity index (χ4v) is 2.71. The molecule has 0 spiro atoms. The van der Waals surface area contributed by atoms with Gasteiger partial charge in [-0.3, -0.25) is 0 Å². The highest BCUT2D eigenvalue weighted by Crippen LogP contribution is 2.18. The SMILES string of the molecule is C/C=C(/Cc1ccc(C)cc1)Nc1ccc(ON)cc1.C1=CCCCC1.CC.CC.CCC(C)=N. The number of nitrogens with two attached hydrogens (primary N) is 1. The zero-order valence-corrected chi connectivity index (χ0v) is 23.6. The van der Waals surface area contributed by atoms with Gasteiger partial charge in [-0.15, -0.1) is 0 Å². The van der Waals surface area contributed by atoms with E-state index in [-0.39, 0.29) is 0 Å². The molecule has 2 aromatic rings. The van der Waals surface area contributed by atoms with Crippen LogP contribution in [-0.2, 0) is 6.42 Å². The van der Waals surface area contributed by atoms with E-state index in [9.17, 15) is 0 Å². The highest BCUT2D eigenvalue weighted by atomic mass is 16.6. The maximum absolute atomic E-state index is 6.74. The van der Waals surface area contributed by atoms with Crippen LogP contribution < -0.4 is 16.1 Å². The average Bonchev–Trinajstić information content (AvgIpc) is 2.94. The molecule has 4 nitrogen and oxygen atoms in total. The van der Waals surface area contributed by atoms with E-state index in [1.165, 1.54) is 36.8 Å². The Morgan fingerprint density at radius 1 is 0.943 bits per heavy atom. The highest BCUT2D eigenvalue weighted by molar-refractivity contribution is 5.78. The number of rotatable bonds is 6.